The second kappa shape index (κ2) is 3.94. The zero-order valence-electron chi connectivity index (χ0n) is 9.33. The van der Waals surface area contributed by atoms with Crippen LogP contribution in [0.4, 0.5) is 0 Å². The molecule has 0 unspecified atom stereocenters. The zero-order valence-corrected chi connectivity index (χ0v) is 12.2. The molecule has 0 aliphatic heterocycles. The summed E-state index contributed by atoms with van der Waals surface area (Å²) in [7, 11) is 0. The van der Waals surface area contributed by atoms with Gasteiger partial charge in [0.05, 0.1) is 0 Å². The van der Waals surface area contributed by atoms with Gasteiger partial charge in [-0.15, -0.1) is 0 Å². The predicted octanol–water partition coefficient (Wildman–Crippen LogP) is 3.35. The molecule has 0 aromatic heterocycles. The Morgan fingerprint density at radius 1 is 1.14 bits per heavy atom. The Morgan fingerprint density at radius 2 is 1.64 bits per heavy atom. The summed E-state index contributed by atoms with van der Waals surface area (Å²) in [6, 6.07) is 12.7. The Labute approximate surface area is 90.6 Å². The van der Waals surface area contributed by atoms with Crippen molar-refractivity contribution >= 4 is 18.4 Å². The van der Waals surface area contributed by atoms with Crippen LogP contribution in [0.25, 0.3) is 0 Å². The molecular formula is C12H17NSn. The molecule has 0 N–H and O–H groups in total. The molecule has 1 rings (SSSR count). The van der Waals surface area contributed by atoms with E-state index < -0.39 is 18.4 Å². The SMILES string of the molecule is C[C@@](C#N)(c1ccccc1)[Sn]([CH3])([CH3])[CH3]. The number of benzene rings is 1. The van der Waals surface area contributed by atoms with E-state index in [1.165, 1.54) is 5.56 Å². The predicted molar refractivity (Wildman–Crippen MR) is 62.8 cm³/mol. The quantitative estimate of drug-likeness (QED) is 0.767. The van der Waals surface area contributed by atoms with Crippen molar-refractivity contribution in [1.82, 2.24) is 0 Å². The van der Waals surface area contributed by atoms with Crippen LogP contribution < -0.4 is 0 Å². The van der Waals surface area contributed by atoms with E-state index in [9.17, 15) is 5.26 Å². The Hall–Kier alpha value is -0.491. The first-order valence-corrected chi connectivity index (χ1v) is 14.9. The molecule has 1 aromatic rings. The molecule has 0 amide bonds. The van der Waals surface area contributed by atoms with E-state index in [4.69, 9.17) is 0 Å². The monoisotopic (exact) mass is 295 g/mol. The molecule has 0 aliphatic rings. The van der Waals surface area contributed by atoms with Gasteiger partial charge in [-0.05, 0) is 0 Å². The fraction of sp³-hybridized carbons (Fsp3) is 0.417. The van der Waals surface area contributed by atoms with Gasteiger partial charge in [-0.1, -0.05) is 0 Å². The third kappa shape index (κ3) is 1.95. The van der Waals surface area contributed by atoms with Crippen molar-refractivity contribution in [3.8, 4) is 6.07 Å². The van der Waals surface area contributed by atoms with Gasteiger partial charge >= 0.3 is 90.8 Å². The molecule has 1 aromatic carbocycles. The molecule has 0 heterocycles. The van der Waals surface area contributed by atoms with Crippen LogP contribution in [0.15, 0.2) is 30.3 Å². The average molecular weight is 294 g/mol. The van der Waals surface area contributed by atoms with Gasteiger partial charge in [0, 0.05) is 0 Å². The fourth-order valence-corrected chi connectivity index (χ4v) is 5.34. The molecule has 0 saturated carbocycles. The van der Waals surface area contributed by atoms with Crippen molar-refractivity contribution in [2.75, 3.05) is 0 Å². The summed E-state index contributed by atoms with van der Waals surface area (Å²) in [5.74, 6) is 0. The first-order valence-electron chi connectivity index (χ1n) is 4.88. The number of hydrogen-bond donors (Lipinski definition) is 0. The van der Waals surface area contributed by atoms with Gasteiger partial charge in [-0.3, -0.25) is 0 Å². The second-order valence-electron chi connectivity index (χ2n) is 4.85. The van der Waals surface area contributed by atoms with E-state index in [1.54, 1.807) is 0 Å². The van der Waals surface area contributed by atoms with Crippen LogP contribution in [0.3, 0.4) is 0 Å². The Balaban J connectivity index is 3.25. The molecule has 0 saturated heterocycles. The van der Waals surface area contributed by atoms with E-state index in [0.717, 1.165) is 0 Å². The van der Waals surface area contributed by atoms with Crippen LogP contribution in [0.5, 0.6) is 0 Å². The maximum absolute atomic E-state index is 9.38. The van der Waals surface area contributed by atoms with E-state index >= 15 is 0 Å². The molecular weight excluding hydrogens is 277 g/mol. The van der Waals surface area contributed by atoms with Crippen molar-refractivity contribution in [3.05, 3.63) is 35.9 Å². The third-order valence-electron chi connectivity index (χ3n) is 3.07. The van der Waals surface area contributed by atoms with Crippen LogP contribution in [0, 0.1) is 11.3 Å². The Bertz CT molecular complexity index is 345. The van der Waals surface area contributed by atoms with Gasteiger partial charge in [0.1, 0.15) is 0 Å². The Morgan fingerprint density at radius 3 is 2.00 bits per heavy atom. The number of rotatable bonds is 2. The summed E-state index contributed by atoms with van der Waals surface area (Å²) in [6.45, 7) is 2.10. The van der Waals surface area contributed by atoms with Crippen LogP contribution in [-0.4, -0.2) is 18.4 Å². The number of nitriles is 1. The van der Waals surface area contributed by atoms with E-state index in [1.807, 2.05) is 18.2 Å². The standard InChI is InChI=1S/C9H8N.3CH3.Sn/c1-8(7-10)9-5-3-2-4-6-9;;;;/h2-6H,1H3;3*1H3;. The van der Waals surface area contributed by atoms with Crippen molar-refractivity contribution in [3.63, 3.8) is 0 Å². The van der Waals surface area contributed by atoms with Gasteiger partial charge in [-0.25, -0.2) is 0 Å². The minimum absolute atomic E-state index is 0.212. The average Bonchev–Trinajstić information content (AvgIpc) is 2.16. The summed E-state index contributed by atoms with van der Waals surface area (Å²) in [4.78, 5) is 6.93. The maximum atomic E-state index is 9.38. The summed E-state index contributed by atoms with van der Waals surface area (Å²) >= 11 is -2.26. The van der Waals surface area contributed by atoms with Crippen molar-refractivity contribution < 1.29 is 0 Å². The molecule has 14 heavy (non-hydrogen) atoms. The van der Waals surface area contributed by atoms with Crippen LogP contribution in [-0.2, 0) is 3.43 Å². The third-order valence-corrected chi connectivity index (χ3v) is 12.8. The normalized spacial score (nSPS) is 15.6. The molecule has 74 valence electrons. The van der Waals surface area contributed by atoms with Crippen molar-refractivity contribution in [2.45, 2.75) is 25.2 Å². The Kier molecular flexibility index (Phi) is 3.26. The molecule has 0 spiro atoms. The summed E-state index contributed by atoms with van der Waals surface area (Å²) in [6.07, 6.45) is 0. The number of hydrogen-bond acceptors (Lipinski definition) is 1. The van der Waals surface area contributed by atoms with Gasteiger partial charge in [0.15, 0.2) is 0 Å². The van der Waals surface area contributed by atoms with Gasteiger partial charge in [0.25, 0.3) is 0 Å². The molecule has 0 bridgehead atoms. The summed E-state index contributed by atoms with van der Waals surface area (Å²) in [5.41, 5.74) is 1.19. The van der Waals surface area contributed by atoms with Crippen LogP contribution >= 0.6 is 0 Å². The summed E-state index contributed by atoms with van der Waals surface area (Å²) < 4.78 is -0.212. The molecule has 0 aliphatic carbocycles. The van der Waals surface area contributed by atoms with E-state index in [2.05, 4.69) is 39.9 Å². The zero-order chi connectivity index (χ0) is 10.8. The van der Waals surface area contributed by atoms with E-state index in [0.29, 0.717) is 0 Å². The van der Waals surface area contributed by atoms with Crippen molar-refractivity contribution in [2.24, 2.45) is 0 Å². The van der Waals surface area contributed by atoms with Gasteiger partial charge in [-0.2, -0.15) is 0 Å². The minimum atomic E-state index is -2.26. The topological polar surface area (TPSA) is 23.8 Å². The molecule has 0 radical (unpaired) electrons. The molecule has 1 atom stereocenters. The molecule has 2 heteroatoms. The number of nitrogens with zero attached hydrogens (tertiary/aromatic N) is 1. The van der Waals surface area contributed by atoms with Crippen molar-refractivity contribution in [1.29, 1.82) is 5.26 Å². The van der Waals surface area contributed by atoms with Gasteiger partial charge in [0.2, 0.25) is 0 Å². The van der Waals surface area contributed by atoms with E-state index in [-0.39, 0.29) is 3.43 Å². The first-order chi connectivity index (χ1) is 6.42. The molecule has 0 fully saturated rings. The molecule has 1 nitrogen and oxygen atoms in total. The fourth-order valence-electron chi connectivity index (χ4n) is 1.44. The second-order valence-corrected chi connectivity index (χ2v) is 20.6. The first kappa shape index (κ1) is 11.6. The summed E-state index contributed by atoms with van der Waals surface area (Å²) in [5, 5.41) is 9.38. The van der Waals surface area contributed by atoms with Gasteiger partial charge < -0.3 is 0 Å². The van der Waals surface area contributed by atoms with Crippen LogP contribution in [0.1, 0.15) is 12.5 Å². The van der Waals surface area contributed by atoms with Crippen LogP contribution in [0.2, 0.25) is 14.8 Å².